The molecule has 0 aliphatic heterocycles. The van der Waals surface area contributed by atoms with Crippen LogP contribution in [0.15, 0.2) is 0 Å². The molecule has 0 aromatic heterocycles. The van der Waals surface area contributed by atoms with E-state index in [1.54, 1.807) is 0 Å². The number of carbonyl (C=O) groups excluding carboxylic acids is 3. The third kappa shape index (κ3) is 2.49. The summed E-state index contributed by atoms with van der Waals surface area (Å²) in [6.07, 6.45) is -1.38. The van der Waals surface area contributed by atoms with E-state index in [-0.39, 0.29) is 43.4 Å². The van der Waals surface area contributed by atoms with E-state index in [0.717, 1.165) is 12.8 Å². The van der Waals surface area contributed by atoms with Crippen LogP contribution in [0.4, 0.5) is 0 Å². The Hall–Kier alpha value is -1.15. The molecule has 0 radical (unpaired) electrons. The van der Waals surface area contributed by atoms with E-state index >= 15 is 0 Å². The minimum Gasteiger partial charge on any atom is -0.396 e. The van der Waals surface area contributed by atoms with Gasteiger partial charge in [0.2, 0.25) is 0 Å². The lowest BCUT2D eigenvalue weighted by atomic mass is 9.39. The zero-order valence-electron chi connectivity index (χ0n) is 18.0. The molecule has 4 saturated carbocycles. The molecule has 0 heterocycles. The number of hydrogen-bond donors (Lipinski definition) is 4. The largest absolute Gasteiger partial charge is 0.396 e. The van der Waals surface area contributed by atoms with Crippen LogP contribution in [0.3, 0.4) is 0 Å². The van der Waals surface area contributed by atoms with E-state index in [0.29, 0.717) is 6.42 Å². The summed E-state index contributed by atoms with van der Waals surface area (Å²) in [4.78, 5) is 38.9. The van der Waals surface area contributed by atoms with Gasteiger partial charge in [-0.25, -0.2) is 0 Å². The van der Waals surface area contributed by atoms with Crippen molar-refractivity contribution in [2.75, 3.05) is 6.61 Å². The minimum absolute atomic E-state index is 0.0865. The molecule has 2 bridgehead atoms. The molecule has 0 saturated heterocycles. The average molecular weight is 423 g/mol. The quantitative estimate of drug-likeness (QED) is 0.523. The highest BCUT2D eigenvalue weighted by atomic mass is 16.3. The van der Waals surface area contributed by atoms with Crippen molar-refractivity contribution in [3.63, 3.8) is 0 Å². The minimum atomic E-state index is -1.64. The highest BCUT2D eigenvalue weighted by molar-refractivity contribution is 6.03. The van der Waals surface area contributed by atoms with Crippen LogP contribution >= 0.6 is 0 Å². The van der Waals surface area contributed by atoms with E-state index < -0.39 is 58.1 Å². The average Bonchev–Trinajstić information content (AvgIpc) is 2.84. The van der Waals surface area contributed by atoms with E-state index in [4.69, 9.17) is 0 Å². The SMILES string of the molecule is CC(=O)CC[C@H]1C(=O)[C@@]23[C@H](O)C[C@@H]4[C@@](C)(CO)CCC[C@@]4(C)[C@@H]2C(=O)[C@H](O)[C@@H]1[C@H]3O. The van der Waals surface area contributed by atoms with Gasteiger partial charge in [-0.2, -0.15) is 0 Å². The number of rotatable bonds is 4. The summed E-state index contributed by atoms with van der Waals surface area (Å²) in [5, 5.41) is 43.7. The van der Waals surface area contributed by atoms with Gasteiger partial charge in [-0.05, 0) is 49.4 Å². The Bertz CT molecular complexity index is 780. The van der Waals surface area contributed by atoms with Crippen LogP contribution in [0.5, 0.6) is 0 Å². The van der Waals surface area contributed by atoms with Crippen molar-refractivity contribution in [2.24, 2.45) is 39.9 Å². The number of carbonyl (C=O) groups is 3. The third-order valence-corrected chi connectivity index (χ3v) is 9.44. The van der Waals surface area contributed by atoms with Gasteiger partial charge in [0.15, 0.2) is 5.78 Å². The monoisotopic (exact) mass is 422 g/mol. The van der Waals surface area contributed by atoms with E-state index in [9.17, 15) is 34.8 Å². The molecule has 0 aromatic rings. The second-order valence-corrected chi connectivity index (χ2v) is 10.9. The van der Waals surface area contributed by atoms with Crippen LogP contribution in [0.2, 0.25) is 0 Å². The van der Waals surface area contributed by atoms with Crippen molar-refractivity contribution in [1.29, 1.82) is 0 Å². The predicted molar refractivity (Wildman–Crippen MR) is 106 cm³/mol. The zero-order valence-corrected chi connectivity index (χ0v) is 18.0. The van der Waals surface area contributed by atoms with Gasteiger partial charge >= 0.3 is 0 Å². The first-order valence-corrected chi connectivity index (χ1v) is 11.2. The number of hydrogen-bond acceptors (Lipinski definition) is 7. The second-order valence-electron chi connectivity index (χ2n) is 10.9. The molecule has 0 unspecified atom stereocenters. The van der Waals surface area contributed by atoms with Crippen molar-refractivity contribution in [2.45, 2.75) is 77.6 Å². The Morgan fingerprint density at radius 2 is 1.80 bits per heavy atom. The molecule has 4 aliphatic carbocycles. The third-order valence-electron chi connectivity index (χ3n) is 9.44. The summed E-state index contributed by atoms with van der Waals surface area (Å²) < 4.78 is 0. The van der Waals surface area contributed by atoms with Gasteiger partial charge in [0.05, 0.1) is 17.6 Å². The summed E-state index contributed by atoms with van der Waals surface area (Å²) in [6.45, 7) is 5.21. The van der Waals surface area contributed by atoms with Crippen LogP contribution in [0, 0.1) is 39.9 Å². The molecule has 4 N–H and O–H groups in total. The van der Waals surface area contributed by atoms with Gasteiger partial charge in [-0.1, -0.05) is 20.3 Å². The Balaban J connectivity index is 1.86. The fourth-order valence-electron chi connectivity index (χ4n) is 8.11. The highest BCUT2D eigenvalue weighted by Crippen LogP contribution is 2.70. The summed E-state index contributed by atoms with van der Waals surface area (Å²) in [6, 6.07) is 0. The standard InChI is InChI=1S/C23H34O7/c1-11(25)5-6-12-15-16(27)17(28)18-22(3)8-4-7-21(2,10-24)13(22)9-14(26)23(18,19(12)29)20(15)30/h12-16,18,20,24,26-27,30H,4-10H2,1-3H3/t12-,13-,14-,15-,16-,18+,20-,21-,22-,23-/m1/s1. The van der Waals surface area contributed by atoms with Crippen molar-refractivity contribution < 1.29 is 34.8 Å². The van der Waals surface area contributed by atoms with E-state index in [1.165, 1.54) is 6.92 Å². The van der Waals surface area contributed by atoms with Crippen LogP contribution in [-0.4, -0.2) is 62.7 Å². The van der Waals surface area contributed by atoms with Crippen LogP contribution < -0.4 is 0 Å². The lowest BCUT2D eigenvalue weighted by Crippen LogP contribution is -2.71. The molecule has 10 atom stereocenters. The first-order valence-electron chi connectivity index (χ1n) is 11.2. The Kier molecular flexibility index (Phi) is 5.09. The normalized spacial score (nSPS) is 52.7. The summed E-state index contributed by atoms with van der Waals surface area (Å²) in [5.41, 5.74) is -2.86. The van der Waals surface area contributed by atoms with Crippen LogP contribution in [0.25, 0.3) is 0 Å². The number of aliphatic hydroxyl groups excluding tert-OH is 4. The maximum Gasteiger partial charge on any atom is 0.166 e. The maximum absolute atomic E-state index is 13.8. The molecular weight excluding hydrogens is 388 g/mol. The topological polar surface area (TPSA) is 132 Å². The lowest BCUT2D eigenvalue weighted by molar-refractivity contribution is -0.234. The fourth-order valence-corrected chi connectivity index (χ4v) is 8.11. The number of Topliss-reactive ketones (excluding diaryl/α,β-unsaturated/α-hetero) is 3. The van der Waals surface area contributed by atoms with E-state index in [1.807, 2.05) is 13.8 Å². The van der Waals surface area contributed by atoms with Gasteiger partial charge in [0.25, 0.3) is 0 Å². The highest BCUT2D eigenvalue weighted by Gasteiger charge is 2.79. The van der Waals surface area contributed by atoms with Crippen molar-refractivity contribution in [3.8, 4) is 0 Å². The van der Waals surface area contributed by atoms with Crippen molar-refractivity contribution in [1.82, 2.24) is 0 Å². The fraction of sp³-hybridized carbons (Fsp3) is 0.870. The number of aliphatic hydroxyl groups is 4. The Labute approximate surface area is 176 Å². The molecule has 168 valence electrons. The lowest BCUT2D eigenvalue weighted by Gasteiger charge is -2.65. The predicted octanol–water partition coefficient (Wildman–Crippen LogP) is 0.647. The van der Waals surface area contributed by atoms with Gasteiger partial charge in [-0.3, -0.25) is 9.59 Å². The van der Waals surface area contributed by atoms with Crippen molar-refractivity contribution >= 4 is 17.3 Å². The molecule has 1 spiro atoms. The summed E-state index contributed by atoms with van der Waals surface area (Å²) in [7, 11) is 0. The summed E-state index contributed by atoms with van der Waals surface area (Å²) >= 11 is 0. The zero-order chi connectivity index (χ0) is 22.2. The van der Waals surface area contributed by atoms with Gasteiger partial charge in [-0.15, -0.1) is 0 Å². The first kappa shape index (κ1) is 22.1. The molecule has 7 nitrogen and oxygen atoms in total. The molecule has 7 heteroatoms. The molecule has 0 aromatic carbocycles. The molecule has 4 rings (SSSR count). The van der Waals surface area contributed by atoms with Crippen LogP contribution in [-0.2, 0) is 14.4 Å². The smallest absolute Gasteiger partial charge is 0.166 e. The van der Waals surface area contributed by atoms with Crippen LogP contribution in [0.1, 0.15) is 59.3 Å². The van der Waals surface area contributed by atoms with Gasteiger partial charge in [0.1, 0.15) is 17.7 Å². The molecule has 30 heavy (non-hydrogen) atoms. The Morgan fingerprint density at radius 3 is 2.40 bits per heavy atom. The maximum atomic E-state index is 13.8. The summed E-state index contributed by atoms with van der Waals surface area (Å²) in [5.74, 6) is -3.97. The second kappa shape index (κ2) is 6.92. The van der Waals surface area contributed by atoms with Gasteiger partial charge < -0.3 is 25.2 Å². The Morgan fingerprint density at radius 1 is 1.13 bits per heavy atom. The molecule has 4 fully saturated rings. The van der Waals surface area contributed by atoms with Gasteiger partial charge in [0, 0.05) is 30.8 Å². The van der Waals surface area contributed by atoms with E-state index in [2.05, 4.69) is 0 Å². The van der Waals surface area contributed by atoms with Crippen molar-refractivity contribution in [3.05, 3.63) is 0 Å². The molecular formula is C23H34O7. The molecule has 4 aliphatic rings. The molecule has 0 amide bonds. The number of ketones is 3. The number of fused-ring (bicyclic) bond motifs is 3. The first-order chi connectivity index (χ1) is 14.0.